The third kappa shape index (κ3) is 4.26. The van der Waals surface area contributed by atoms with Crippen molar-refractivity contribution in [2.45, 2.75) is 70.6 Å². The maximum atomic E-state index is 5.05. The molecule has 3 aliphatic rings. The van der Waals surface area contributed by atoms with Gasteiger partial charge in [-0.3, -0.25) is 10.3 Å². The lowest BCUT2D eigenvalue weighted by Crippen LogP contribution is -2.52. The monoisotopic (exact) mass is 333 g/mol. The largest absolute Gasteiger partial charge is 0.315 e. The summed E-state index contributed by atoms with van der Waals surface area (Å²) in [6, 6.07) is 0.939. The third-order valence-corrected chi connectivity index (χ3v) is 5.06. The second kappa shape index (κ2) is 8.28. The third-order valence-electron chi connectivity index (χ3n) is 5.06. The van der Waals surface area contributed by atoms with Crippen molar-refractivity contribution in [2.75, 3.05) is 13.7 Å². The minimum absolute atomic E-state index is 0.280. The van der Waals surface area contributed by atoms with Gasteiger partial charge in [0, 0.05) is 12.2 Å². The van der Waals surface area contributed by atoms with Gasteiger partial charge in [-0.05, 0) is 42.9 Å². The first-order chi connectivity index (χ1) is 11.7. The van der Waals surface area contributed by atoms with Crippen LogP contribution in [-0.4, -0.2) is 42.7 Å². The molecule has 0 aromatic rings. The molecule has 0 aromatic carbocycles. The molecule has 0 spiro atoms. The Balaban J connectivity index is 1.71. The van der Waals surface area contributed by atoms with Gasteiger partial charge in [-0.25, -0.2) is 9.78 Å². The van der Waals surface area contributed by atoms with Crippen LogP contribution in [0.25, 0.3) is 0 Å². The highest BCUT2D eigenvalue weighted by Crippen LogP contribution is 2.28. The van der Waals surface area contributed by atoms with E-state index in [0.717, 1.165) is 17.8 Å². The molecule has 0 radical (unpaired) electrons. The molecule has 0 bridgehead atoms. The number of nitrogens with zero attached hydrogens (tertiary/aromatic N) is 2. The molecule has 2 unspecified atom stereocenters. The lowest BCUT2D eigenvalue weighted by atomic mass is 9.94. The number of rotatable bonds is 7. The first-order valence-corrected chi connectivity index (χ1v) is 9.34. The van der Waals surface area contributed by atoms with Crippen molar-refractivity contribution in [2.24, 2.45) is 10.9 Å². The van der Waals surface area contributed by atoms with E-state index in [1.807, 2.05) is 0 Å². The van der Waals surface area contributed by atoms with Gasteiger partial charge in [0.25, 0.3) is 0 Å². The Morgan fingerprint density at radius 1 is 1.29 bits per heavy atom. The van der Waals surface area contributed by atoms with Crippen LogP contribution in [-0.2, 0) is 9.78 Å². The van der Waals surface area contributed by atoms with Crippen LogP contribution in [0.4, 0.5) is 0 Å². The molecule has 1 saturated carbocycles. The van der Waals surface area contributed by atoms with Gasteiger partial charge in [0.2, 0.25) is 0 Å². The van der Waals surface area contributed by atoms with Crippen LogP contribution in [0, 0.1) is 5.92 Å². The van der Waals surface area contributed by atoms with Crippen LogP contribution in [0.5, 0.6) is 0 Å². The molecule has 2 heterocycles. The normalized spacial score (nSPS) is 27.4. The van der Waals surface area contributed by atoms with E-state index in [4.69, 9.17) is 14.8 Å². The maximum absolute atomic E-state index is 5.05. The van der Waals surface area contributed by atoms with E-state index in [9.17, 15) is 0 Å². The molecule has 0 aromatic heterocycles. The molecule has 24 heavy (non-hydrogen) atoms. The minimum atomic E-state index is 0.280. The molecule has 5 heteroatoms. The fourth-order valence-corrected chi connectivity index (χ4v) is 3.89. The first kappa shape index (κ1) is 17.6. The topological polar surface area (TPSA) is 46.1 Å². The Hall–Kier alpha value is -1.17. The van der Waals surface area contributed by atoms with E-state index < -0.39 is 0 Å². The highest BCUT2D eigenvalue weighted by atomic mass is 17.2. The van der Waals surface area contributed by atoms with Gasteiger partial charge in [0.15, 0.2) is 0 Å². The predicted molar refractivity (Wildman–Crippen MR) is 96.5 cm³/mol. The zero-order valence-electron chi connectivity index (χ0n) is 15.2. The maximum Gasteiger partial charge on any atom is 0.129 e. The van der Waals surface area contributed by atoms with E-state index in [-0.39, 0.29) is 6.17 Å². The molecule has 2 aliphatic heterocycles. The van der Waals surface area contributed by atoms with Gasteiger partial charge in [-0.1, -0.05) is 33.1 Å². The lowest BCUT2D eigenvalue weighted by Gasteiger charge is -2.34. The predicted octanol–water partition coefficient (Wildman–Crippen LogP) is 3.40. The Morgan fingerprint density at radius 2 is 2.08 bits per heavy atom. The van der Waals surface area contributed by atoms with Gasteiger partial charge in [-0.15, -0.1) is 0 Å². The molecule has 0 amide bonds. The number of nitrogens with one attached hydrogen (secondary N) is 1. The molecule has 0 saturated heterocycles. The van der Waals surface area contributed by atoms with Crippen molar-refractivity contribution < 1.29 is 9.78 Å². The molecule has 3 rings (SSSR count). The smallest absolute Gasteiger partial charge is 0.129 e. The van der Waals surface area contributed by atoms with Crippen LogP contribution in [0.15, 0.2) is 28.9 Å². The molecule has 1 fully saturated rings. The van der Waals surface area contributed by atoms with E-state index in [1.165, 1.54) is 39.2 Å². The number of fused-ring (bicyclic) bond motifs is 1. The molecular formula is C19H31N3O2. The van der Waals surface area contributed by atoms with Crippen molar-refractivity contribution in [1.82, 2.24) is 10.2 Å². The number of hydrogen-bond acceptors (Lipinski definition) is 5. The van der Waals surface area contributed by atoms with E-state index in [2.05, 4.69) is 42.4 Å². The zero-order valence-corrected chi connectivity index (χ0v) is 15.2. The van der Waals surface area contributed by atoms with Gasteiger partial charge < -0.3 is 4.90 Å². The number of amidine groups is 1. The summed E-state index contributed by atoms with van der Waals surface area (Å²) in [6.45, 7) is 5.01. The Bertz CT molecular complexity index is 507. The van der Waals surface area contributed by atoms with Crippen LogP contribution in [0.3, 0.4) is 0 Å². The second-order valence-electron chi connectivity index (χ2n) is 7.50. The highest BCUT2D eigenvalue weighted by molar-refractivity contribution is 5.97. The molecule has 5 nitrogen and oxygen atoms in total. The average molecular weight is 333 g/mol. The van der Waals surface area contributed by atoms with Crippen LogP contribution >= 0.6 is 0 Å². The summed E-state index contributed by atoms with van der Waals surface area (Å²) < 4.78 is 0. The quantitative estimate of drug-likeness (QED) is 0.573. The fourth-order valence-electron chi connectivity index (χ4n) is 3.89. The van der Waals surface area contributed by atoms with Crippen molar-refractivity contribution >= 4 is 5.84 Å². The molecule has 1 aliphatic carbocycles. The van der Waals surface area contributed by atoms with E-state index >= 15 is 0 Å². The minimum Gasteiger partial charge on any atom is -0.315 e. The first-order valence-electron chi connectivity index (χ1n) is 9.34. The molecule has 134 valence electrons. The van der Waals surface area contributed by atoms with Gasteiger partial charge >= 0.3 is 0 Å². The van der Waals surface area contributed by atoms with Crippen LogP contribution in [0.1, 0.15) is 52.4 Å². The SMILES string of the molecule is COOCC1=CC2=NC(CC(C)C)C(NC3CCCCC3)N2C=C1. The summed E-state index contributed by atoms with van der Waals surface area (Å²) in [6.07, 6.45) is 14.4. The fraction of sp³-hybridized carbons (Fsp3) is 0.737. The van der Waals surface area contributed by atoms with E-state index in [1.54, 1.807) is 0 Å². The Morgan fingerprint density at radius 3 is 2.79 bits per heavy atom. The summed E-state index contributed by atoms with van der Waals surface area (Å²) in [5, 5.41) is 3.91. The van der Waals surface area contributed by atoms with Gasteiger partial charge in [-0.2, -0.15) is 0 Å². The van der Waals surface area contributed by atoms with Crippen molar-refractivity contribution in [3.05, 3.63) is 23.9 Å². The molecule has 1 N–H and O–H groups in total. The van der Waals surface area contributed by atoms with E-state index in [0.29, 0.717) is 24.6 Å². The highest BCUT2D eigenvalue weighted by Gasteiger charge is 2.37. The van der Waals surface area contributed by atoms with Gasteiger partial charge in [0.05, 0.1) is 13.2 Å². The zero-order chi connectivity index (χ0) is 16.9. The van der Waals surface area contributed by atoms with Gasteiger partial charge in [0.1, 0.15) is 18.6 Å². The van der Waals surface area contributed by atoms with Crippen LogP contribution < -0.4 is 5.32 Å². The summed E-state index contributed by atoms with van der Waals surface area (Å²) >= 11 is 0. The summed E-state index contributed by atoms with van der Waals surface area (Å²) in [4.78, 5) is 17.1. The van der Waals surface area contributed by atoms with Crippen LogP contribution in [0.2, 0.25) is 0 Å². The number of aliphatic imine (C=N–C) groups is 1. The van der Waals surface area contributed by atoms with Crippen molar-refractivity contribution in [3.8, 4) is 0 Å². The molecular weight excluding hydrogens is 302 g/mol. The standard InChI is InChI=1S/C19H31N3O2/c1-14(2)11-17-19(20-16-7-5-4-6-8-16)22-10-9-15(13-24-23-3)12-18(22)21-17/h9-10,12,14,16-17,19-20H,4-8,11,13H2,1-3H3. The number of hydrogen-bond donors (Lipinski definition) is 1. The van der Waals surface area contributed by atoms with Crippen molar-refractivity contribution in [1.29, 1.82) is 0 Å². The summed E-state index contributed by atoms with van der Waals surface area (Å²) in [7, 11) is 1.54. The lowest BCUT2D eigenvalue weighted by molar-refractivity contribution is -0.264. The Labute approximate surface area is 145 Å². The average Bonchev–Trinajstić information content (AvgIpc) is 2.90. The second-order valence-corrected chi connectivity index (χ2v) is 7.50. The summed E-state index contributed by atoms with van der Waals surface area (Å²) in [5.41, 5.74) is 1.09. The summed E-state index contributed by atoms with van der Waals surface area (Å²) in [5.74, 6) is 1.69. The Kier molecular flexibility index (Phi) is 6.09. The molecule has 2 atom stereocenters. The van der Waals surface area contributed by atoms with Crippen molar-refractivity contribution in [3.63, 3.8) is 0 Å².